The lowest BCUT2D eigenvalue weighted by Gasteiger charge is -1.95. The molecule has 0 aliphatic carbocycles. The summed E-state index contributed by atoms with van der Waals surface area (Å²) in [7, 11) is 0. The highest BCUT2D eigenvalue weighted by molar-refractivity contribution is 6.63. The average Bonchev–Trinajstić information content (AvgIpc) is 1.68. The Bertz CT molecular complexity index is 78.9. The first-order valence-electron chi connectivity index (χ1n) is 1.43. The standard InChI is InChI=1S/C3H2Cl2O2/c4-3(5,1-6)2-7/h1-2H. The van der Waals surface area contributed by atoms with Gasteiger partial charge in [0.2, 0.25) is 4.33 Å². The molecular formula is C3H2Cl2O2. The highest BCUT2D eigenvalue weighted by Crippen LogP contribution is 2.12. The van der Waals surface area contributed by atoms with Gasteiger partial charge in [0.15, 0.2) is 12.6 Å². The van der Waals surface area contributed by atoms with E-state index in [2.05, 4.69) is 0 Å². The van der Waals surface area contributed by atoms with E-state index >= 15 is 0 Å². The third-order valence-electron chi connectivity index (χ3n) is 0.314. The van der Waals surface area contributed by atoms with E-state index in [4.69, 9.17) is 23.2 Å². The Kier molecular flexibility index (Phi) is 2.26. The third-order valence-corrected chi connectivity index (χ3v) is 0.671. The smallest absolute Gasteiger partial charge is 0.227 e. The zero-order chi connectivity index (χ0) is 5.91. The summed E-state index contributed by atoms with van der Waals surface area (Å²) in [5.41, 5.74) is 0. The van der Waals surface area contributed by atoms with Crippen LogP contribution in [0, 0.1) is 0 Å². The fraction of sp³-hybridized carbons (Fsp3) is 0.333. The van der Waals surface area contributed by atoms with Crippen LogP contribution in [0.1, 0.15) is 0 Å². The molecule has 0 saturated carbocycles. The summed E-state index contributed by atoms with van der Waals surface area (Å²) in [5, 5.41) is 0. The van der Waals surface area contributed by atoms with Gasteiger partial charge in [-0.2, -0.15) is 0 Å². The molecule has 7 heavy (non-hydrogen) atoms. The van der Waals surface area contributed by atoms with Crippen LogP contribution >= 0.6 is 23.2 Å². The van der Waals surface area contributed by atoms with Crippen molar-refractivity contribution >= 4 is 35.8 Å². The monoisotopic (exact) mass is 140 g/mol. The van der Waals surface area contributed by atoms with Crippen molar-refractivity contribution in [3.63, 3.8) is 0 Å². The molecule has 40 valence electrons. The summed E-state index contributed by atoms with van der Waals surface area (Å²) in [6.07, 6.45) is 0.312. The molecule has 0 aromatic rings. The fourth-order valence-corrected chi connectivity index (χ4v) is 0.0278. The maximum atomic E-state index is 9.56. The number of hydrogen-bond acceptors (Lipinski definition) is 2. The zero-order valence-corrected chi connectivity index (χ0v) is 4.74. The molecule has 0 unspecified atom stereocenters. The molecular weight excluding hydrogens is 139 g/mol. The van der Waals surface area contributed by atoms with Crippen molar-refractivity contribution in [3.05, 3.63) is 0 Å². The number of aldehydes is 2. The molecule has 2 nitrogen and oxygen atoms in total. The van der Waals surface area contributed by atoms with Crippen molar-refractivity contribution < 1.29 is 9.59 Å². The quantitative estimate of drug-likeness (QED) is 0.319. The summed E-state index contributed by atoms with van der Waals surface area (Å²) in [6, 6.07) is 0. The lowest BCUT2D eigenvalue weighted by molar-refractivity contribution is -0.115. The van der Waals surface area contributed by atoms with Crippen molar-refractivity contribution in [2.75, 3.05) is 0 Å². The normalized spacial score (nSPS) is 10.6. The molecule has 0 spiro atoms. The van der Waals surface area contributed by atoms with Gasteiger partial charge in [-0.05, 0) is 0 Å². The van der Waals surface area contributed by atoms with E-state index < -0.39 is 4.33 Å². The minimum absolute atomic E-state index is 0.156. The van der Waals surface area contributed by atoms with Crippen LogP contribution in [-0.4, -0.2) is 16.9 Å². The van der Waals surface area contributed by atoms with Crippen LogP contribution in [0.25, 0.3) is 0 Å². The second kappa shape index (κ2) is 2.28. The highest BCUT2D eigenvalue weighted by atomic mass is 35.5. The molecule has 0 radical (unpaired) electrons. The topological polar surface area (TPSA) is 34.1 Å². The highest BCUT2D eigenvalue weighted by Gasteiger charge is 2.20. The van der Waals surface area contributed by atoms with Gasteiger partial charge >= 0.3 is 0 Å². The van der Waals surface area contributed by atoms with E-state index in [1.165, 1.54) is 0 Å². The van der Waals surface area contributed by atoms with E-state index in [0.29, 0.717) is 0 Å². The molecule has 0 aromatic heterocycles. The third kappa shape index (κ3) is 2.60. The first-order chi connectivity index (χ1) is 3.12. The molecule has 0 fully saturated rings. The van der Waals surface area contributed by atoms with E-state index in [-0.39, 0.29) is 12.6 Å². The van der Waals surface area contributed by atoms with E-state index in [9.17, 15) is 9.59 Å². The summed E-state index contributed by atoms with van der Waals surface area (Å²) in [4.78, 5) is 19.1. The van der Waals surface area contributed by atoms with Gasteiger partial charge in [0.1, 0.15) is 0 Å². The van der Waals surface area contributed by atoms with Gasteiger partial charge in [0, 0.05) is 0 Å². The first-order valence-corrected chi connectivity index (χ1v) is 2.18. The molecule has 0 aliphatic rings. The van der Waals surface area contributed by atoms with Crippen LogP contribution in [0.2, 0.25) is 0 Å². The second-order valence-electron chi connectivity index (χ2n) is 0.910. The molecule has 0 bridgehead atoms. The van der Waals surface area contributed by atoms with Gasteiger partial charge in [0.25, 0.3) is 0 Å². The van der Waals surface area contributed by atoms with Crippen molar-refractivity contribution in [2.45, 2.75) is 4.33 Å². The maximum absolute atomic E-state index is 9.56. The number of hydrogen-bond donors (Lipinski definition) is 0. The minimum Gasteiger partial charge on any atom is -0.299 e. The largest absolute Gasteiger partial charge is 0.299 e. The van der Waals surface area contributed by atoms with E-state index in [1.54, 1.807) is 0 Å². The molecule has 4 heteroatoms. The molecule has 0 rings (SSSR count). The van der Waals surface area contributed by atoms with Gasteiger partial charge in [0.05, 0.1) is 0 Å². The van der Waals surface area contributed by atoms with E-state index in [0.717, 1.165) is 0 Å². The Hall–Kier alpha value is -0.0800. The van der Waals surface area contributed by atoms with E-state index in [1.807, 2.05) is 0 Å². The lowest BCUT2D eigenvalue weighted by atomic mass is 10.5. The summed E-state index contributed by atoms with van der Waals surface area (Å²) >= 11 is 9.87. The van der Waals surface area contributed by atoms with Gasteiger partial charge < -0.3 is 0 Å². The second-order valence-corrected chi connectivity index (χ2v) is 2.35. The van der Waals surface area contributed by atoms with Crippen molar-refractivity contribution in [3.8, 4) is 0 Å². The summed E-state index contributed by atoms with van der Waals surface area (Å²) in [6.45, 7) is 0. The van der Waals surface area contributed by atoms with Crippen molar-refractivity contribution in [1.82, 2.24) is 0 Å². The lowest BCUT2D eigenvalue weighted by Crippen LogP contribution is -2.15. The molecule has 0 saturated heterocycles. The van der Waals surface area contributed by atoms with Crippen LogP contribution in [0.3, 0.4) is 0 Å². The number of alkyl halides is 2. The molecule has 0 aliphatic heterocycles. The Morgan fingerprint density at radius 1 is 1.14 bits per heavy atom. The SMILES string of the molecule is O=CC(Cl)(Cl)C=O. The number of rotatable bonds is 2. The Morgan fingerprint density at radius 3 is 1.43 bits per heavy atom. The predicted molar refractivity (Wildman–Crippen MR) is 26.6 cm³/mol. The molecule has 0 N–H and O–H groups in total. The Morgan fingerprint density at radius 2 is 1.43 bits per heavy atom. The van der Waals surface area contributed by atoms with Crippen molar-refractivity contribution in [2.24, 2.45) is 0 Å². The number of halogens is 2. The average molecular weight is 141 g/mol. The summed E-state index contributed by atoms with van der Waals surface area (Å²) in [5.74, 6) is 0. The Balaban J connectivity index is 3.82. The minimum atomic E-state index is -1.83. The first kappa shape index (κ1) is 6.92. The predicted octanol–water partition coefficient (Wildman–Crippen LogP) is 0.558. The van der Waals surface area contributed by atoms with Crippen LogP contribution in [0.15, 0.2) is 0 Å². The summed E-state index contributed by atoms with van der Waals surface area (Å²) < 4.78 is -1.83. The molecule has 0 atom stereocenters. The number of carbonyl (C=O) groups excluding carboxylic acids is 2. The van der Waals surface area contributed by atoms with Crippen LogP contribution < -0.4 is 0 Å². The van der Waals surface area contributed by atoms with Crippen molar-refractivity contribution in [1.29, 1.82) is 0 Å². The van der Waals surface area contributed by atoms with Crippen LogP contribution in [0.5, 0.6) is 0 Å². The maximum Gasteiger partial charge on any atom is 0.227 e. The molecule has 0 aromatic carbocycles. The molecule has 0 amide bonds. The van der Waals surface area contributed by atoms with Gasteiger partial charge in [-0.1, -0.05) is 23.2 Å². The van der Waals surface area contributed by atoms with Crippen LogP contribution in [-0.2, 0) is 9.59 Å². The van der Waals surface area contributed by atoms with Gasteiger partial charge in [-0.15, -0.1) is 0 Å². The van der Waals surface area contributed by atoms with Gasteiger partial charge in [-0.3, -0.25) is 9.59 Å². The Labute approximate surface area is 50.4 Å². The van der Waals surface area contributed by atoms with Crippen LogP contribution in [0.4, 0.5) is 0 Å². The van der Waals surface area contributed by atoms with Gasteiger partial charge in [-0.25, -0.2) is 0 Å². The number of carbonyl (C=O) groups is 2. The fourth-order valence-electron chi connectivity index (χ4n) is 0.0278. The zero-order valence-electron chi connectivity index (χ0n) is 3.23. The molecule has 0 heterocycles.